The quantitative estimate of drug-likeness (QED) is 0.296. The summed E-state index contributed by atoms with van der Waals surface area (Å²) in [5, 5.41) is 3.76. The van der Waals surface area contributed by atoms with Gasteiger partial charge in [-0.1, -0.05) is 35.5 Å². The second-order valence-corrected chi connectivity index (χ2v) is 8.71. The maximum Gasteiger partial charge on any atom is 0.340 e. The number of hydrogen-bond donors (Lipinski definition) is 0. The molecular formula is C28H28N2O7. The lowest BCUT2D eigenvalue weighted by atomic mass is 9.92. The van der Waals surface area contributed by atoms with Gasteiger partial charge in [0.2, 0.25) is 0 Å². The first-order valence-corrected chi connectivity index (χ1v) is 12.0. The maximum absolute atomic E-state index is 11.3. The molecule has 1 unspecified atom stereocenters. The summed E-state index contributed by atoms with van der Waals surface area (Å²) >= 11 is 0. The second-order valence-electron chi connectivity index (χ2n) is 8.71. The highest BCUT2D eigenvalue weighted by atomic mass is 16.7. The van der Waals surface area contributed by atoms with Crippen molar-refractivity contribution in [2.75, 3.05) is 34.2 Å². The average Bonchev–Trinajstić information content (AvgIpc) is 3.58. The van der Waals surface area contributed by atoms with Gasteiger partial charge in [-0.25, -0.2) is 9.78 Å². The molecule has 0 amide bonds. The molecule has 9 heteroatoms. The van der Waals surface area contributed by atoms with E-state index in [1.54, 1.807) is 14.2 Å². The number of oxime groups is 1. The van der Waals surface area contributed by atoms with E-state index in [0.29, 0.717) is 41.7 Å². The van der Waals surface area contributed by atoms with Gasteiger partial charge in [-0.2, -0.15) is 0 Å². The Morgan fingerprint density at radius 2 is 1.89 bits per heavy atom. The van der Waals surface area contributed by atoms with Crippen LogP contribution in [-0.2, 0) is 25.5 Å². The van der Waals surface area contributed by atoms with E-state index in [2.05, 4.69) is 9.99 Å². The molecule has 9 nitrogen and oxygen atoms in total. The standard InChI is InChI=1S/C28H28N2O7/c1-17-13-23(35-15-19-14-24(31)37-30-19)27-20(11-12-34-27)25(17)28(33-3)21-9-10-22(36-16-32-2)26(29-21)18-7-5-4-6-8-18/h4-10,13,28H,11-12,14-16H2,1-3H3. The highest BCUT2D eigenvalue weighted by Crippen LogP contribution is 2.44. The van der Waals surface area contributed by atoms with Crippen LogP contribution in [0.1, 0.15) is 34.9 Å². The number of fused-ring (bicyclic) bond motifs is 1. The van der Waals surface area contributed by atoms with Gasteiger partial charge in [0.25, 0.3) is 0 Å². The number of carbonyl (C=O) groups excluding carboxylic acids is 1. The number of nitrogens with zero attached hydrogens (tertiary/aromatic N) is 2. The molecule has 192 valence electrons. The Labute approximate surface area is 214 Å². The fraction of sp³-hybridized carbons (Fsp3) is 0.321. The topological polar surface area (TPSA) is 97.7 Å². The zero-order valence-electron chi connectivity index (χ0n) is 21.0. The third-order valence-corrected chi connectivity index (χ3v) is 6.24. The number of ether oxygens (including phenoxy) is 5. The first-order valence-electron chi connectivity index (χ1n) is 12.0. The summed E-state index contributed by atoms with van der Waals surface area (Å²) < 4.78 is 28.9. The zero-order chi connectivity index (χ0) is 25.8. The zero-order valence-corrected chi connectivity index (χ0v) is 21.0. The van der Waals surface area contributed by atoms with Crippen LogP contribution in [0.5, 0.6) is 17.2 Å². The van der Waals surface area contributed by atoms with Gasteiger partial charge < -0.3 is 28.5 Å². The molecule has 3 aromatic rings. The van der Waals surface area contributed by atoms with Crippen LogP contribution in [0.3, 0.4) is 0 Å². The Morgan fingerprint density at radius 1 is 1.05 bits per heavy atom. The van der Waals surface area contributed by atoms with Gasteiger partial charge in [0.05, 0.1) is 18.7 Å². The fourth-order valence-electron chi connectivity index (χ4n) is 4.60. The predicted molar refractivity (Wildman–Crippen MR) is 135 cm³/mol. The third kappa shape index (κ3) is 5.14. The van der Waals surface area contributed by atoms with Crippen LogP contribution in [0.15, 0.2) is 53.7 Å². The molecule has 0 bridgehead atoms. The summed E-state index contributed by atoms with van der Waals surface area (Å²) in [6.07, 6.45) is 0.408. The minimum absolute atomic E-state index is 0.118. The molecule has 0 spiro atoms. The number of pyridine rings is 1. The van der Waals surface area contributed by atoms with Crippen molar-refractivity contribution in [1.82, 2.24) is 4.98 Å². The van der Waals surface area contributed by atoms with Crippen LogP contribution < -0.4 is 14.2 Å². The van der Waals surface area contributed by atoms with E-state index >= 15 is 0 Å². The van der Waals surface area contributed by atoms with Crippen LogP contribution in [0.4, 0.5) is 0 Å². The fourth-order valence-corrected chi connectivity index (χ4v) is 4.60. The maximum atomic E-state index is 11.3. The van der Waals surface area contributed by atoms with Crippen molar-refractivity contribution in [3.63, 3.8) is 0 Å². The van der Waals surface area contributed by atoms with E-state index in [0.717, 1.165) is 27.9 Å². The van der Waals surface area contributed by atoms with Crippen molar-refractivity contribution in [3.8, 4) is 28.5 Å². The van der Waals surface area contributed by atoms with Crippen LogP contribution in [-0.4, -0.2) is 50.9 Å². The summed E-state index contributed by atoms with van der Waals surface area (Å²) in [5.41, 5.74) is 5.92. The molecule has 2 aliphatic heterocycles. The Hall–Kier alpha value is -3.95. The first kappa shape index (κ1) is 24.7. The number of benzene rings is 2. The van der Waals surface area contributed by atoms with Crippen molar-refractivity contribution in [3.05, 3.63) is 70.9 Å². The summed E-state index contributed by atoms with van der Waals surface area (Å²) in [6.45, 7) is 2.82. The molecule has 2 aromatic carbocycles. The lowest BCUT2D eigenvalue weighted by Crippen LogP contribution is -2.13. The molecule has 5 rings (SSSR count). The lowest BCUT2D eigenvalue weighted by Gasteiger charge is -2.23. The lowest BCUT2D eigenvalue weighted by molar-refractivity contribution is -0.140. The molecule has 3 heterocycles. The molecule has 0 radical (unpaired) electrons. The summed E-state index contributed by atoms with van der Waals surface area (Å²) in [6, 6.07) is 15.6. The van der Waals surface area contributed by atoms with Crippen LogP contribution >= 0.6 is 0 Å². The summed E-state index contributed by atoms with van der Waals surface area (Å²) in [7, 11) is 3.25. The second kappa shape index (κ2) is 11.0. The van der Waals surface area contributed by atoms with Crippen LogP contribution in [0, 0.1) is 6.92 Å². The number of hydrogen-bond acceptors (Lipinski definition) is 9. The molecular weight excluding hydrogens is 476 g/mol. The van der Waals surface area contributed by atoms with Gasteiger partial charge in [0.1, 0.15) is 29.9 Å². The van der Waals surface area contributed by atoms with E-state index < -0.39 is 6.10 Å². The van der Waals surface area contributed by atoms with E-state index in [-0.39, 0.29) is 25.8 Å². The first-order chi connectivity index (χ1) is 18.1. The van der Waals surface area contributed by atoms with E-state index in [4.69, 9.17) is 28.7 Å². The van der Waals surface area contributed by atoms with Gasteiger partial charge >= 0.3 is 5.97 Å². The average molecular weight is 505 g/mol. The van der Waals surface area contributed by atoms with Crippen molar-refractivity contribution in [2.45, 2.75) is 25.9 Å². The number of aromatic nitrogens is 1. The minimum atomic E-state index is -0.436. The molecule has 0 saturated carbocycles. The molecule has 1 atom stereocenters. The van der Waals surface area contributed by atoms with Gasteiger partial charge in [-0.15, -0.1) is 0 Å². The van der Waals surface area contributed by atoms with Crippen molar-refractivity contribution in [1.29, 1.82) is 0 Å². The summed E-state index contributed by atoms with van der Waals surface area (Å²) in [5.74, 6) is 1.53. The SMILES string of the molecule is COCOc1ccc(C(OC)c2c(C)cc(OCC3=NOC(=O)C3)c3c2CCO3)nc1-c1ccccc1. The molecule has 0 fully saturated rings. The van der Waals surface area contributed by atoms with Crippen LogP contribution in [0.25, 0.3) is 11.3 Å². The van der Waals surface area contributed by atoms with Gasteiger partial charge in [0, 0.05) is 31.8 Å². The number of rotatable bonds is 10. The molecule has 1 aromatic heterocycles. The monoisotopic (exact) mass is 504 g/mol. The van der Waals surface area contributed by atoms with Crippen LogP contribution in [0.2, 0.25) is 0 Å². The molecule has 0 saturated heterocycles. The smallest absolute Gasteiger partial charge is 0.340 e. The highest BCUT2D eigenvalue weighted by Gasteiger charge is 2.30. The Morgan fingerprint density at radius 3 is 2.62 bits per heavy atom. The largest absolute Gasteiger partial charge is 0.489 e. The summed E-state index contributed by atoms with van der Waals surface area (Å²) in [4.78, 5) is 21.0. The van der Waals surface area contributed by atoms with E-state index in [1.165, 1.54) is 0 Å². The van der Waals surface area contributed by atoms with Gasteiger partial charge in [0.15, 0.2) is 18.3 Å². The molecule has 2 aliphatic rings. The number of carbonyl (C=O) groups is 1. The molecule has 0 N–H and O–H groups in total. The van der Waals surface area contributed by atoms with E-state index in [1.807, 2.05) is 55.5 Å². The van der Waals surface area contributed by atoms with Gasteiger partial charge in [-0.3, -0.25) is 0 Å². The van der Waals surface area contributed by atoms with Crippen molar-refractivity contribution in [2.24, 2.45) is 5.16 Å². The number of aryl methyl sites for hydroxylation is 1. The predicted octanol–water partition coefficient (Wildman–Crippen LogP) is 4.39. The Balaban J connectivity index is 1.51. The molecule has 37 heavy (non-hydrogen) atoms. The van der Waals surface area contributed by atoms with Crippen molar-refractivity contribution >= 4 is 11.7 Å². The third-order valence-electron chi connectivity index (χ3n) is 6.24. The normalized spacial score (nSPS) is 15.0. The van der Waals surface area contributed by atoms with E-state index in [9.17, 15) is 4.79 Å². The highest BCUT2D eigenvalue weighted by molar-refractivity contribution is 6.02. The Bertz CT molecular complexity index is 1320. The number of methoxy groups -OCH3 is 2. The molecule has 0 aliphatic carbocycles. The Kier molecular flexibility index (Phi) is 7.34. The minimum Gasteiger partial charge on any atom is -0.489 e. The van der Waals surface area contributed by atoms with Gasteiger partial charge in [-0.05, 0) is 36.2 Å². The van der Waals surface area contributed by atoms with Crippen molar-refractivity contribution < 1.29 is 33.3 Å².